The van der Waals surface area contributed by atoms with E-state index < -0.39 is 11.9 Å². The Morgan fingerprint density at radius 3 is 2.57 bits per heavy atom. The molecule has 0 saturated carbocycles. The third kappa shape index (κ3) is 3.25. The van der Waals surface area contributed by atoms with Crippen LogP contribution in [0.4, 0.5) is 4.39 Å². The molecule has 116 valence electrons. The molecule has 0 bridgehead atoms. The molecule has 0 fully saturated rings. The van der Waals surface area contributed by atoms with Crippen LogP contribution in [0.2, 0.25) is 5.15 Å². The van der Waals surface area contributed by atoms with Crippen LogP contribution < -0.4 is 0 Å². The molecule has 0 aliphatic carbocycles. The van der Waals surface area contributed by atoms with Gasteiger partial charge in [-0.2, -0.15) is 5.10 Å². The van der Waals surface area contributed by atoms with E-state index in [-0.39, 0.29) is 10.7 Å². The highest BCUT2D eigenvalue weighted by Gasteiger charge is 2.12. The van der Waals surface area contributed by atoms with Crippen LogP contribution in [0.3, 0.4) is 0 Å². The van der Waals surface area contributed by atoms with Crippen LogP contribution in [0.15, 0.2) is 48.9 Å². The van der Waals surface area contributed by atoms with Crippen molar-refractivity contribution in [2.75, 3.05) is 0 Å². The molecule has 0 unspecified atom stereocenters. The van der Waals surface area contributed by atoms with Crippen molar-refractivity contribution in [2.24, 2.45) is 0 Å². The number of alkyl halides is 1. The van der Waals surface area contributed by atoms with Crippen LogP contribution >= 0.6 is 23.2 Å². The Labute approximate surface area is 141 Å². The molecule has 4 nitrogen and oxygen atoms in total. The van der Waals surface area contributed by atoms with E-state index in [9.17, 15) is 9.18 Å². The molecule has 0 radical (unpaired) electrons. The van der Waals surface area contributed by atoms with Crippen molar-refractivity contribution in [3.8, 4) is 16.8 Å². The minimum absolute atomic E-state index is 0.0583. The Bertz CT molecular complexity index is 862. The predicted octanol–water partition coefficient (Wildman–Crippen LogP) is 4.44. The zero-order chi connectivity index (χ0) is 16.4. The molecular formula is C16H10Cl2FN3O. The van der Waals surface area contributed by atoms with Gasteiger partial charge >= 0.3 is 0 Å². The maximum atomic E-state index is 12.5. The van der Waals surface area contributed by atoms with Gasteiger partial charge in [0.1, 0.15) is 11.8 Å². The molecule has 0 atom stereocenters. The lowest BCUT2D eigenvalue weighted by Crippen LogP contribution is -1.94. The van der Waals surface area contributed by atoms with Gasteiger partial charge in [0.15, 0.2) is 0 Å². The molecule has 23 heavy (non-hydrogen) atoms. The number of hydrogen-bond acceptors (Lipinski definition) is 3. The van der Waals surface area contributed by atoms with Crippen LogP contribution in [0.5, 0.6) is 0 Å². The average Bonchev–Trinajstić information content (AvgIpc) is 3.05. The van der Waals surface area contributed by atoms with Crippen LogP contribution in [-0.4, -0.2) is 20.0 Å². The van der Waals surface area contributed by atoms with Gasteiger partial charge in [-0.15, -0.1) is 0 Å². The summed E-state index contributed by atoms with van der Waals surface area (Å²) in [4.78, 5) is 15.3. The van der Waals surface area contributed by atoms with E-state index >= 15 is 0 Å². The average molecular weight is 350 g/mol. The fraction of sp³-hybridized carbons (Fsp3) is 0.0625. The maximum absolute atomic E-state index is 12.5. The van der Waals surface area contributed by atoms with Gasteiger partial charge in [-0.3, -0.25) is 4.79 Å². The molecule has 2 heterocycles. The Kier molecular flexibility index (Phi) is 4.41. The summed E-state index contributed by atoms with van der Waals surface area (Å²) < 4.78 is 14.2. The van der Waals surface area contributed by atoms with Gasteiger partial charge in [-0.1, -0.05) is 23.7 Å². The van der Waals surface area contributed by atoms with E-state index in [2.05, 4.69) is 10.1 Å². The summed E-state index contributed by atoms with van der Waals surface area (Å²) >= 11 is 11.3. The number of pyridine rings is 1. The minimum atomic E-state index is -0.668. The van der Waals surface area contributed by atoms with Crippen molar-refractivity contribution in [2.45, 2.75) is 6.67 Å². The summed E-state index contributed by atoms with van der Waals surface area (Å²) in [5, 5.41) is 3.65. The molecule has 0 amide bonds. The van der Waals surface area contributed by atoms with Gasteiger partial charge in [0.05, 0.1) is 17.4 Å². The van der Waals surface area contributed by atoms with Gasteiger partial charge in [-0.25, -0.2) is 14.1 Å². The molecule has 3 rings (SSSR count). The quantitative estimate of drug-likeness (QED) is 0.516. The van der Waals surface area contributed by atoms with Gasteiger partial charge in [0.25, 0.3) is 5.24 Å². The highest BCUT2D eigenvalue weighted by atomic mass is 35.5. The van der Waals surface area contributed by atoms with Crippen molar-refractivity contribution >= 4 is 28.4 Å². The van der Waals surface area contributed by atoms with Crippen LogP contribution in [0.1, 0.15) is 15.9 Å². The first-order valence-corrected chi connectivity index (χ1v) is 7.40. The number of carbonyl (C=O) groups excluding carboxylic acids is 1. The predicted molar refractivity (Wildman–Crippen MR) is 86.8 cm³/mol. The molecule has 0 spiro atoms. The summed E-state index contributed by atoms with van der Waals surface area (Å²) in [5.41, 5.74) is 2.97. The van der Waals surface area contributed by atoms with Crippen LogP contribution in [0, 0.1) is 0 Å². The highest BCUT2D eigenvalue weighted by molar-refractivity contribution is 6.68. The summed E-state index contributed by atoms with van der Waals surface area (Å²) in [6.45, 7) is -0.504. The molecule has 0 N–H and O–H groups in total. The lowest BCUT2D eigenvalue weighted by atomic mass is 10.1. The summed E-state index contributed by atoms with van der Waals surface area (Å²) in [6, 6.07) is 8.52. The van der Waals surface area contributed by atoms with Crippen molar-refractivity contribution in [3.05, 3.63) is 65.2 Å². The zero-order valence-electron chi connectivity index (χ0n) is 11.7. The second kappa shape index (κ2) is 6.48. The van der Waals surface area contributed by atoms with E-state index in [0.717, 1.165) is 11.3 Å². The summed E-state index contributed by atoms with van der Waals surface area (Å²) in [7, 11) is 0. The van der Waals surface area contributed by atoms with Gasteiger partial charge in [0.2, 0.25) is 0 Å². The highest BCUT2D eigenvalue weighted by Crippen LogP contribution is 2.24. The third-order valence-electron chi connectivity index (χ3n) is 3.32. The number of benzene rings is 1. The van der Waals surface area contributed by atoms with Gasteiger partial charge in [-0.05, 0) is 35.4 Å². The van der Waals surface area contributed by atoms with Gasteiger partial charge in [0, 0.05) is 23.5 Å². The molecule has 0 aliphatic heterocycles. The molecule has 2 aromatic heterocycles. The Morgan fingerprint density at radius 1 is 1.17 bits per heavy atom. The normalized spacial score (nSPS) is 10.7. The lowest BCUT2D eigenvalue weighted by Gasteiger charge is -2.03. The first-order chi connectivity index (χ1) is 11.1. The van der Waals surface area contributed by atoms with E-state index in [1.165, 1.54) is 0 Å². The maximum Gasteiger partial charge on any atom is 0.255 e. The number of aromatic nitrogens is 3. The Morgan fingerprint density at radius 2 is 1.91 bits per heavy atom. The van der Waals surface area contributed by atoms with Crippen molar-refractivity contribution in [3.63, 3.8) is 0 Å². The minimum Gasteiger partial charge on any atom is -0.275 e. The fourth-order valence-electron chi connectivity index (χ4n) is 2.09. The number of halogens is 3. The van der Waals surface area contributed by atoms with Crippen molar-refractivity contribution < 1.29 is 9.18 Å². The molecule has 0 saturated heterocycles. The van der Waals surface area contributed by atoms with Crippen molar-refractivity contribution in [1.82, 2.24) is 14.8 Å². The second-order valence-corrected chi connectivity index (χ2v) is 5.51. The second-order valence-electron chi connectivity index (χ2n) is 4.81. The largest absolute Gasteiger partial charge is 0.275 e. The van der Waals surface area contributed by atoms with E-state index in [0.29, 0.717) is 11.1 Å². The van der Waals surface area contributed by atoms with E-state index in [1.807, 2.05) is 0 Å². The summed E-state index contributed by atoms with van der Waals surface area (Å²) in [5.74, 6) is 0. The number of carbonyl (C=O) groups is 1. The van der Waals surface area contributed by atoms with E-state index in [4.69, 9.17) is 23.2 Å². The smallest absolute Gasteiger partial charge is 0.255 e. The molecule has 1 aromatic carbocycles. The number of nitrogens with zero attached hydrogens (tertiary/aromatic N) is 3. The number of hydrogen-bond donors (Lipinski definition) is 0. The Balaban J connectivity index is 1.95. The molecule has 3 aromatic rings. The molecule has 7 heteroatoms. The Hall–Kier alpha value is -2.24. The third-order valence-corrected chi connectivity index (χ3v) is 3.83. The number of rotatable bonds is 4. The monoisotopic (exact) mass is 349 g/mol. The van der Waals surface area contributed by atoms with Crippen LogP contribution in [0.25, 0.3) is 16.8 Å². The first-order valence-electron chi connectivity index (χ1n) is 6.64. The lowest BCUT2D eigenvalue weighted by molar-refractivity contribution is 0.108. The van der Waals surface area contributed by atoms with Crippen molar-refractivity contribution in [1.29, 1.82) is 0 Å². The SMILES string of the molecule is O=C(Cl)c1cc(-c2cnn(-c3ccc(CF)cc3)c2)cnc1Cl. The van der Waals surface area contributed by atoms with Crippen LogP contribution in [-0.2, 0) is 6.67 Å². The molecular weight excluding hydrogens is 340 g/mol. The fourth-order valence-corrected chi connectivity index (χ4v) is 2.48. The van der Waals surface area contributed by atoms with E-state index in [1.54, 1.807) is 53.6 Å². The van der Waals surface area contributed by atoms with Gasteiger partial charge < -0.3 is 0 Å². The molecule has 0 aliphatic rings. The standard InChI is InChI=1S/C16H10Cl2FN3O/c17-15-14(16(18)23)5-11(7-20-15)12-8-21-22(9-12)13-3-1-10(6-19)2-4-13/h1-5,7-9H,6H2. The zero-order valence-corrected chi connectivity index (χ0v) is 13.2. The summed E-state index contributed by atoms with van der Waals surface area (Å²) in [6.07, 6.45) is 4.95. The first kappa shape index (κ1) is 15.6. The topological polar surface area (TPSA) is 47.8 Å².